The molecule has 2 rings (SSSR count). The molecule has 0 aromatic heterocycles. The van der Waals surface area contributed by atoms with Gasteiger partial charge in [0.15, 0.2) is 0 Å². The first kappa shape index (κ1) is 15.4. The Hall–Kier alpha value is -2.02. The molecule has 114 valence electrons. The molecule has 1 aliphatic rings. The van der Waals surface area contributed by atoms with E-state index in [0.717, 1.165) is 18.6 Å². The summed E-state index contributed by atoms with van der Waals surface area (Å²) >= 11 is 0. The first-order chi connectivity index (χ1) is 9.85. The van der Waals surface area contributed by atoms with Crippen molar-refractivity contribution in [1.82, 2.24) is 4.90 Å². The van der Waals surface area contributed by atoms with E-state index < -0.39 is 16.6 Å². The van der Waals surface area contributed by atoms with Gasteiger partial charge in [0.2, 0.25) is 0 Å². The van der Waals surface area contributed by atoms with Gasteiger partial charge >= 0.3 is 0 Å². The Bertz CT molecular complexity index is 591. The number of nitro benzene ring substituents is 1. The van der Waals surface area contributed by atoms with Gasteiger partial charge in [0.25, 0.3) is 11.6 Å². The van der Waals surface area contributed by atoms with Crippen molar-refractivity contribution >= 4 is 11.6 Å². The molecule has 1 aliphatic heterocycles. The lowest BCUT2D eigenvalue weighted by molar-refractivity contribution is -0.385. The average molecular weight is 295 g/mol. The quantitative estimate of drug-likeness (QED) is 0.680. The highest BCUT2D eigenvalue weighted by atomic mass is 19.1. The van der Waals surface area contributed by atoms with Gasteiger partial charge in [0.1, 0.15) is 11.4 Å². The van der Waals surface area contributed by atoms with E-state index in [1.54, 1.807) is 4.90 Å². The molecule has 2 unspecified atom stereocenters. The number of nitrogens with two attached hydrogens (primary N) is 1. The Kier molecular flexibility index (Phi) is 4.22. The van der Waals surface area contributed by atoms with Crippen molar-refractivity contribution in [2.24, 2.45) is 11.7 Å². The first-order valence-corrected chi connectivity index (χ1v) is 6.80. The van der Waals surface area contributed by atoms with Crippen LogP contribution in [0.5, 0.6) is 0 Å². The summed E-state index contributed by atoms with van der Waals surface area (Å²) in [7, 11) is 0. The largest absolute Gasteiger partial charge is 0.335 e. The van der Waals surface area contributed by atoms with Gasteiger partial charge in [-0.1, -0.05) is 0 Å². The molecule has 0 saturated carbocycles. The summed E-state index contributed by atoms with van der Waals surface area (Å²) in [6, 6.07) is 1.94. The van der Waals surface area contributed by atoms with E-state index in [0.29, 0.717) is 13.1 Å². The number of benzene rings is 1. The SMILES string of the molecule is Cc1cc(F)cc(C(=O)N2CC(CN)CC2C)c1[N+](=O)[O-]. The Labute approximate surface area is 121 Å². The van der Waals surface area contributed by atoms with E-state index >= 15 is 0 Å². The second kappa shape index (κ2) is 5.77. The molecule has 1 amide bonds. The first-order valence-electron chi connectivity index (χ1n) is 6.80. The van der Waals surface area contributed by atoms with Crippen LogP contribution in [0.2, 0.25) is 0 Å². The Morgan fingerprint density at radius 3 is 2.76 bits per heavy atom. The number of hydrogen-bond donors (Lipinski definition) is 1. The minimum Gasteiger partial charge on any atom is -0.335 e. The fraction of sp³-hybridized carbons (Fsp3) is 0.500. The highest BCUT2D eigenvalue weighted by molar-refractivity contribution is 5.99. The maximum Gasteiger partial charge on any atom is 0.285 e. The molecular weight excluding hydrogens is 277 g/mol. The number of amides is 1. The van der Waals surface area contributed by atoms with Crippen molar-refractivity contribution in [3.63, 3.8) is 0 Å². The average Bonchev–Trinajstić information content (AvgIpc) is 2.77. The van der Waals surface area contributed by atoms with Gasteiger partial charge in [-0.25, -0.2) is 4.39 Å². The standard InChI is InChI=1S/C14H18FN3O3/c1-8-3-11(15)5-12(13(8)18(20)21)14(19)17-7-10(6-16)4-9(17)2/h3,5,9-10H,4,6-7,16H2,1-2H3. The van der Waals surface area contributed by atoms with Crippen molar-refractivity contribution in [1.29, 1.82) is 0 Å². The number of nitro groups is 1. The molecule has 1 aromatic rings. The smallest absolute Gasteiger partial charge is 0.285 e. The van der Waals surface area contributed by atoms with E-state index in [1.807, 2.05) is 6.92 Å². The fourth-order valence-electron chi connectivity index (χ4n) is 2.89. The predicted molar refractivity (Wildman–Crippen MR) is 75.5 cm³/mol. The lowest BCUT2D eigenvalue weighted by Gasteiger charge is -2.21. The van der Waals surface area contributed by atoms with E-state index in [4.69, 9.17) is 5.73 Å². The lowest BCUT2D eigenvalue weighted by atomic mass is 10.1. The highest BCUT2D eigenvalue weighted by Crippen LogP contribution is 2.30. The van der Waals surface area contributed by atoms with Crippen LogP contribution in [0.1, 0.15) is 29.3 Å². The number of nitrogens with zero attached hydrogens (tertiary/aromatic N) is 2. The maximum absolute atomic E-state index is 13.5. The number of aryl methyl sites for hydroxylation is 1. The molecule has 1 fully saturated rings. The molecule has 0 aliphatic carbocycles. The van der Waals surface area contributed by atoms with E-state index in [-0.39, 0.29) is 28.8 Å². The molecule has 21 heavy (non-hydrogen) atoms. The Balaban J connectivity index is 2.42. The second-order valence-corrected chi connectivity index (χ2v) is 5.52. The van der Waals surface area contributed by atoms with Gasteiger partial charge < -0.3 is 10.6 Å². The molecule has 6 nitrogen and oxygen atoms in total. The number of hydrogen-bond acceptors (Lipinski definition) is 4. The zero-order valence-corrected chi connectivity index (χ0v) is 12.0. The predicted octanol–water partition coefficient (Wildman–Crippen LogP) is 1.85. The third-order valence-electron chi connectivity index (χ3n) is 3.93. The zero-order valence-electron chi connectivity index (χ0n) is 12.0. The van der Waals surface area contributed by atoms with Crippen LogP contribution in [0, 0.1) is 28.8 Å². The third kappa shape index (κ3) is 2.87. The van der Waals surface area contributed by atoms with Gasteiger partial charge in [-0.2, -0.15) is 0 Å². The molecule has 1 heterocycles. The van der Waals surface area contributed by atoms with Crippen LogP contribution < -0.4 is 5.73 Å². The van der Waals surface area contributed by atoms with Crippen molar-refractivity contribution in [3.8, 4) is 0 Å². The summed E-state index contributed by atoms with van der Waals surface area (Å²) in [6.45, 7) is 4.20. The molecule has 1 aromatic carbocycles. The summed E-state index contributed by atoms with van der Waals surface area (Å²) in [5.74, 6) is -0.978. The van der Waals surface area contributed by atoms with Crippen LogP contribution in [0.15, 0.2) is 12.1 Å². The number of likely N-dealkylation sites (tertiary alicyclic amines) is 1. The van der Waals surface area contributed by atoms with E-state index in [2.05, 4.69) is 0 Å². The molecule has 0 radical (unpaired) electrons. The van der Waals surface area contributed by atoms with E-state index in [1.165, 1.54) is 6.92 Å². The lowest BCUT2D eigenvalue weighted by Crippen LogP contribution is -2.35. The van der Waals surface area contributed by atoms with Crippen LogP contribution in [-0.2, 0) is 0 Å². The molecule has 0 spiro atoms. The van der Waals surface area contributed by atoms with Gasteiger partial charge in [-0.15, -0.1) is 0 Å². The molecule has 2 N–H and O–H groups in total. The van der Waals surface area contributed by atoms with Crippen LogP contribution in [0.3, 0.4) is 0 Å². The summed E-state index contributed by atoms with van der Waals surface area (Å²) in [4.78, 5) is 24.6. The zero-order chi connectivity index (χ0) is 15.7. The minimum atomic E-state index is -0.649. The van der Waals surface area contributed by atoms with Crippen LogP contribution in [0.25, 0.3) is 0 Å². The Morgan fingerprint density at radius 1 is 1.57 bits per heavy atom. The van der Waals surface area contributed by atoms with Crippen molar-refractivity contribution in [3.05, 3.63) is 39.2 Å². The number of halogens is 1. The van der Waals surface area contributed by atoms with Crippen LogP contribution in [-0.4, -0.2) is 34.9 Å². The highest BCUT2D eigenvalue weighted by Gasteiger charge is 2.35. The topological polar surface area (TPSA) is 89.5 Å². The van der Waals surface area contributed by atoms with Gasteiger partial charge in [-0.3, -0.25) is 14.9 Å². The minimum absolute atomic E-state index is 0.0609. The van der Waals surface area contributed by atoms with Crippen molar-refractivity contribution < 1.29 is 14.1 Å². The molecule has 0 bridgehead atoms. The summed E-state index contributed by atoms with van der Waals surface area (Å²) in [5, 5.41) is 11.2. The third-order valence-corrected chi connectivity index (χ3v) is 3.93. The number of rotatable bonds is 3. The number of carbonyl (C=O) groups excluding carboxylic acids is 1. The number of carbonyl (C=O) groups is 1. The summed E-state index contributed by atoms with van der Waals surface area (Å²) in [6.07, 6.45) is 0.754. The normalized spacial score (nSPS) is 21.6. The van der Waals surface area contributed by atoms with Crippen molar-refractivity contribution in [2.45, 2.75) is 26.3 Å². The molecular formula is C14H18FN3O3. The summed E-state index contributed by atoms with van der Waals surface area (Å²) < 4.78 is 13.5. The van der Waals surface area contributed by atoms with Crippen LogP contribution >= 0.6 is 0 Å². The molecule has 7 heteroatoms. The van der Waals surface area contributed by atoms with E-state index in [9.17, 15) is 19.3 Å². The maximum atomic E-state index is 13.5. The Morgan fingerprint density at radius 2 is 2.24 bits per heavy atom. The van der Waals surface area contributed by atoms with Crippen LogP contribution in [0.4, 0.5) is 10.1 Å². The second-order valence-electron chi connectivity index (χ2n) is 5.52. The molecule has 2 atom stereocenters. The van der Waals surface area contributed by atoms with Gasteiger partial charge in [-0.05, 0) is 44.9 Å². The monoisotopic (exact) mass is 295 g/mol. The van der Waals surface area contributed by atoms with Gasteiger partial charge in [0.05, 0.1) is 4.92 Å². The van der Waals surface area contributed by atoms with Crippen molar-refractivity contribution in [2.75, 3.05) is 13.1 Å². The fourth-order valence-corrected chi connectivity index (χ4v) is 2.89. The molecule has 1 saturated heterocycles. The van der Waals surface area contributed by atoms with Gasteiger partial charge in [0, 0.05) is 18.2 Å². The summed E-state index contributed by atoms with van der Waals surface area (Å²) in [5.41, 5.74) is 5.24.